The number of hydrogen-bond acceptors (Lipinski definition) is 4. The van der Waals surface area contributed by atoms with Crippen molar-refractivity contribution in [2.45, 2.75) is 51.9 Å². The van der Waals surface area contributed by atoms with E-state index in [1.807, 2.05) is 20.8 Å². The van der Waals surface area contributed by atoms with Crippen LogP contribution in [0, 0.1) is 24.5 Å². The summed E-state index contributed by atoms with van der Waals surface area (Å²) in [5.74, 6) is -2.75. The van der Waals surface area contributed by atoms with Crippen LogP contribution in [0.2, 0.25) is 0 Å². The first-order valence-electron chi connectivity index (χ1n) is 9.14. The number of aliphatic hydroxyl groups is 1. The van der Waals surface area contributed by atoms with Gasteiger partial charge in [-0.05, 0) is 56.0 Å². The molecule has 1 aliphatic rings. The number of ether oxygens (including phenoxy) is 1. The maximum absolute atomic E-state index is 14.2. The molecule has 0 aliphatic carbocycles. The highest BCUT2D eigenvalue weighted by atomic mass is 19.2. The highest BCUT2D eigenvalue weighted by molar-refractivity contribution is 5.95. The van der Waals surface area contributed by atoms with Gasteiger partial charge in [-0.2, -0.15) is 0 Å². The Morgan fingerprint density at radius 1 is 1.29 bits per heavy atom. The molecule has 1 saturated heterocycles. The Morgan fingerprint density at radius 3 is 2.61 bits per heavy atom. The Kier molecular flexibility index (Phi) is 5.50. The van der Waals surface area contributed by atoms with Gasteiger partial charge in [0.05, 0.1) is 29.8 Å². The van der Waals surface area contributed by atoms with Crippen LogP contribution >= 0.6 is 0 Å². The van der Waals surface area contributed by atoms with Crippen molar-refractivity contribution < 1.29 is 23.4 Å². The van der Waals surface area contributed by atoms with Crippen molar-refractivity contribution in [1.29, 1.82) is 0 Å². The molecule has 0 radical (unpaired) electrons. The highest BCUT2D eigenvalue weighted by Gasteiger charge is 2.51. The van der Waals surface area contributed by atoms with Crippen LogP contribution in [-0.4, -0.2) is 27.7 Å². The highest BCUT2D eigenvalue weighted by Crippen LogP contribution is 2.47. The number of aromatic nitrogens is 1. The molecule has 150 valence electrons. The topological polar surface area (TPSA) is 71.5 Å². The van der Waals surface area contributed by atoms with E-state index < -0.39 is 29.3 Å². The first-order chi connectivity index (χ1) is 13.2. The summed E-state index contributed by atoms with van der Waals surface area (Å²) in [6, 6.07) is 5.85. The Balaban J connectivity index is 1.93. The first kappa shape index (κ1) is 20.4. The van der Waals surface area contributed by atoms with Crippen LogP contribution in [0.3, 0.4) is 0 Å². The molecule has 1 fully saturated rings. The third-order valence-electron chi connectivity index (χ3n) is 5.65. The van der Waals surface area contributed by atoms with Gasteiger partial charge in [-0.3, -0.25) is 9.78 Å². The Bertz CT molecular complexity index is 884. The molecule has 28 heavy (non-hydrogen) atoms. The van der Waals surface area contributed by atoms with Crippen molar-refractivity contribution in [3.63, 3.8) is 0 Å². The molecule has 3 atom stereocenters. The number of carbonyl (C=O) groups excluding carboxylic acids is 1. The number of pyridine rings is 1. The van der Waals surface area contributed by atoms with Crippen molar-refractivity contribution in [2.24, 2.45) is 5.92 Å². The van der Waals surface area contributed by atoms with Gasteiger partial charge in [-0.15, -0.1) is 0 Å². The third kappa shape index (κ3) is 3.64. The predicted octanol–water partition coefficient (Wildman–Crippen LogP) is 3.70. The molecular formula is C21H24F2N2O3. The van der Waals surface area contributed by atoms with E-state index in [0.29, 0.717) is 16.9 Å². The molecule has 2 aromatic rings. The van der Waals surface area contributed by atoms with Gasteiger partial charge in [0.2, 0.25) is 0 Å². The lowest BCUT2D eigenvalue weighted by atomic mass is 9.77. The Labute approximate surface area is 162 Å². The van der Waals surface area contributed by atoms with Gasteiger partial charge in [0.1, 0.15) is 6.10 Å². The number of benzene rings is 1. The summed E-state index contributed by atoms with van der Waals surface area (Å²) in [5.41, 5.74) is 1.07. The summed E-state index contributed by atoms with van der Waals surface area (Å²) in [4.78, 5) is 17.0. The third-order valence-corrected chi connectivity index (χ3v) is 5.65. The van der Waals surface area contributed by atoms with Crippen molar-refractivity contribution >= 4 is 11.6 Å². The van der Waals surface area contributed by atoms with Crippen LogP contribution < -0.4 is 5.32 Å². The van der Waals surface area contributed by atoms with Gasteiger partial charge in [0.25, 0.3) is 5.91 Å². The van der Waals surface area contributed by atoms with Gasteiger partial charge in [-0.25, -0.2) is 8.78 Å². The monoisotopic (exact) mass is 390 g/mol. The summed E-state index contributed by atoms with van der Waals surface area (Å²) in [6.45, 7) is 7.02. The first-order valence-corrected chi connectivity index (χ1v) is 9.14. The van der Waals surface area contributed by atoms with E-state index in [0.717, 1.165) is 6.07 Å². The summed E-state index contributed by atoms with van der Waals surface area (Å²) in [5, 5.41) is 11.8. The zero-order valence-corrected chi connectivity index (χ0v) is 16.3. The molecule has 0 spiro atoms. The van der Waals surface area contributed by atoms with Crippen LogP contribution in [0.15, 0.2) is 30.5 Å². The van der Waals surface area contributed by atoms with Gasteiger partial charge < -0.3 is 15.2 Å². The molecule has 3 rings (SSSR count). The number of carbonyl (C=O) groups is 1. The Morgan fingerprint density at radius 2 is 2.00 bits per heavy atom. The number of aliphatic hydroxyl groups excluding tert-OH is 1. The summed E-state index contributed by atoms with van der Waals surface area (Å²) in [6.07, 6.45) is 0.580. The lowest BCUT2D eigenvalue weighted by Gasteiger charge is -2.25. The maximum atomic E-state index is 14.2. The van der Waals surface area contributed by atoms with E-state index in [-0.39, 0.29) is 24.0 Å². The van der Waals surface area contributed by atoms with Crippen molar-refractivity contribution in [3.05, 3.63) is 58.9 Å². The fourth-order valence-corrected chi connectivity index (χ4v) is 3.68. The van der Waals surface area contributed by atoms with Crippen LogP contribution in [0.25, 0.3) is 0 Å². The van der Waals surface area contributed by atoms with Crippen LogP contribution in [0.5, 0.6) is 0 Å². The molecule has 2 heterocycles. The summed E-state index contributed by atoms with van der Waals surface area (Å²) >= 11 is 0. The number of hydrogen-bond donors (Lipinski definition) is 2. The van der Waals surface area contributed by atoms with Gasteiger partial charge in [0, 0.05) is 5.92 Å². The van der Waals surface area contributed by atoms with E-state index >= 15 is 0 Å². The number of rotatable bonds is 4. The molecule has 1 aliphatic heterocycles. The van der Waals surface area contributed by atoms with Crippen LogP contribution in [0.4, 0.5) is 14.5 Å². The molecule has 1 aromatic carbocycles. The average Bonchev–Trinajstić information content (AvgIpc) is 2.91. The second-order valence-electron chi connectivity index (χ2n) is 7.72. The molecule has 2 N–H and O–H groups in total. The SMILES string of the molecule is Cc1c([C@@H]2[C@@H](C)C(C)(C)O[C@H]2C(=O)Nc2ccc(CO)nc2)ccc(F)c1F. The second-order valence-corrected chi connectivity index (χ2v) is 7.72. The minimum Gasteiger partial charge on any atom is -0.390 e. The zero-order valence-electron chi connectivity index (χ0n) is 16.3. The van der Waals surface area contributed by atoms with Gasteiger partial charge >= 0.3 is 0 Å². The van der Waals surface area contributed by atoms with E-state index in [9.17, 15) is 13.6 Å². The van der Waals surface area contributed by atoms with E-state index in [1.165, 1.54) is 19.2 Å². The van der Waals surface area contributed by atoms with Gasteiger partial charge in [-0.1, -0.05) is 13.0 Å². The summed E-state index contributed by atoms with van der Waals surface area (Å²) in [7, 11) is 0. The quantitative estimate of drug-likeness (QED) is 0.835. The standard InChI is InChI=1S/C21H24F2N2O3/c1-11-15(7-8-16(22)18(11)23)17-12(2)21(3,4)28-19(17)20(27)25-13-5-6-14(10-26)24-9-13/h5-9,12,17,19,26H,10H2,1-4H3,(H,25,27)/t12-,17+,19-/m1/s1. The van der Waals surface area contributed by atoms with Crippen molar-refractivity contribution in [1.82, 2.24) is 4.98 Å². The fraction of sp³-hybridized carbons (Fsp3) is 0.429. The number of halogens is 2. The van der Waals surface area contributed by atoms with Crippen LogP contribution in [0.1, 0.15) is 43.5 Å². The zero-order chi connectivity index (χ0) is 20.6. The lowest BCUT2D eigenvalue weighted by molar-refractivity contribution is -0.131. The van der Waals surface area contributed by atoms with Crippen molar-refractivity contribution in [2.75, 3.05) is 5.32 Å². The van der Waals surface area contributed by atoms with E-state index in [2.05, 4.69) is 10.3 Å². The second kappa shape index (κ2) is 7.56. The summed E-state index contributed by atoms with van der Waals surface area (Å²) < 4.78 is 33.8. The minimum atomic E-state index is -0.914. The molecular weight excluding hydrogens is 366 g/mol. The van der Waals surface area contributed by atoms with Gasteiger partial charge in [0.15, 0.2) is 11.6 Å². The number of amides is 1. The minimum absolute atomic E-state index is 0.110. The largest absolute Gasteiger partial charge is 0.390 e. The van der Waals surface area contributed by atoms with E-state index in [4.69, 9.17) is 9.84 Å². The lowest BCUT2D eigenvalue weighted by Crippen LogP contribution is -2.33. The predicted molar refractivity (Wildman–Crippen MR) is 101 cm³/mol. The van der Waals surface area contributed by atoms with E-state index in [1.54, 1.807) is 12.1 Å². The average molecular weight is 390 g/mol. The normalized spacial score (nSPS) is 23.6. The van der Waals surface area contributed by atoms with Crippen LogP contribution in [-0.2, 0) is 16.1 Å². The smallest absolute Gasteiger partial charge is 0.254 e. The Hall–Kier alpha value is -2.38. The maximum Gasteiger partial charge on any atom is 0.254 e. The number of anilines is 1. The molecule has 0 bridgehead atoms. The fourth-order valence-electron chi connectivity index (χ4n) is 3.68. The number of nitrogens with zero attached hydrogens (tertiary/aromatic N) is 1. The molecule has 0 saturated carbocycles. The molecule has 1 aromatic heterocycles. The molecule has 7 heteroatoms. The molecule has 1 amide bonds. The molecule has 5 nitrogen and oxygen atoms in total. The van der Waals surface area contributed by atoms with Crippen molar-refractivity contribution in [3.8, 4) is 0 Å². The molecule has 0 unspecified atom stereocenters. The number of nitrogens with one attached hydrogen (secondary N) is 1.